The summed E-state index contributed by atoms with van der Waals surface area (Å²) in [4.78, 5) is 26.2. The molecule has 1 heterocycles. The SMILES string of the molecule is Cc1ccc(N2C(=O)C(Cc3ccc(Cl)cc3)SC2=C(C#N)C(N)=O)cc1. The molecule has 1 saturated heterocycles. The van der Waals surface area contributed by atoms with E-state index in [-0.39, 0.29) is 16.5 Å². The first-order chi connectivity index (χ1) is 12.9. The van der Waals surface area contributed by atoms with Crippen LogP contribution in [0, 0.1) is 18.3 Å². The van der Waals surface area contributed by atoms with Crippen molar-refractivity contribution in [3.8, 4) is 6.07 Å². The first-order valence-corrected chi connectivity index (χ1v) is 9.42. The molecule has 136 valence electrons. The largest absolute Gasteiger partial charge is 0.365 e. The van der Waals surface area contributed by atoms with Crippen molar-refractivity contribution in [2.24, 2.45) is 5.73 Å². The van der Waals surface area contributed by atoms with Gasteiger partial charge in [0.05, 0.1) is 5.25 Å². The summed E-state index contributed by atoms with van der Waals surface area (Å²) in [5.74, 6) is -1.04. The summed E-state index contributed by atoms with van der Waals surface area (Å²) in [6.45, 7) is 1.94. The smallest absolute Gasteiger partial charge is 0.262 e. The number of halogens is 1. The lowest BCUT2D eigenvalue weighted by molar-refractivity contribution is -0.117. The van der Waals surface area contributed by atoms with E-state index in [2.05, 4.69) is 0 Å². The number of hydrogen-bond acceptors (Lipinski definition) is 4. The van der Waals surface area contributed by atoms with E-state index in [1.165, 1.54) is 16.7 Å². The van der Waals surface area contributed by atoms with Crippen molar-refractivity contribution in [2.45, 2.75) is 18.6 Å². The molecule has 2 aromatic carbocycles. The molecule has 0 radical (unpaired) electrons. The molecule has 5 nitrogen and oxygen atoms in total. The van der Waals surface area contributed by atoms with E-state index in [9.17, 15) is 14.9 Å². The zero-order valence-corrected chi connectivity index (χ0v) is 16.1. The second-order valence-electron chi connectivity index (χ2n) is 6.10. The van der Waals surface area contributed by atoms with Gasteiger partial charge in [0.2, 0.25) is 5.91 Å². The Morgan fingerprint density at radius 1 is 1.22 bits per heavy atom. The molecule has 0 saturated carbocycles. The average Bonchev–Trinajstić information content (AvgIpc) is 2.94. The number of benzene rings is 2. The number of rotatable bonds is 4. The highest BCUT2D eigenvalue weighted by molar-refractivity contribution is 8.05. The third kappa shape index (κ3) is 4.00. The number of carbonyl (C=O) groups is 2. The second kappa shape index (κ2) is 7.87. The highest BCUT2D eigenvalue weighted by atomic mass is 35.5. The lowest BCUT2D eigenvalue weighted by Crippen LogP contribution is -2.31. The molecule has 0 bridgehead atoms. The minimum Gasteiger partial charge on any atom is -0.365 e. The zero-order valence-electron chi connectivity index (χ0n) is 14.5. The van der Waals surface area contributed by atoms with Gasteiger partial charge in [-0.1, -0.05) is 53.2 Å². The van der Waals surface area contributed by atoms with Gasteiger partial charge in [-0.15, -0.1) is 0 Å². The molecular formula is C20H16ClN3O2S. The number of nitrogens with two attached hydrogens (primary N) is 1. The van der Waals surface area contributed by atoms with E-state index >= 15 is 0 Å². The summed E-state index contributed by atoms with van der Waals surface area (Å²) in [5, 5.41) is 9.81. The van der Waals surface area contributed by atoms with Crippen molar-refractivity contribution < 1.29 is 9.59 Å². The number of primary amides is 1. The van der Waals surface area contributed by atoms with Crippen molar-refractivity contribution >= 4 is 40.9 Å². The number of carbonyl (C=O) groups excluding carboxylic acids is 2. The van der Waals surface area contributed by atoms with Crippen LogP contribution in [0.2, 0.25) is 5.02 Å². The standard InChI is InChI=1S/C20H16ClN3O2S/c1-12-2-8-15(9-3-12)24-19(26)17(10-13-4-6-14(21)7-5-13)27-20(24)16(11-22)18(23)25/h2-9,17H,10H2,1H3,(H2,23,25). The molecular weight excluding hydrogens is 382 g/mol. The van der Waals surface area contributed by atoms with Gasteiger partial charge in [-0.05, 0) is 43.2 Å². The van der Waals surface area contributed by atoms with Gasteiger partial charge >= 0.3 is 0 Å². The number of thioether (sulfide) groups is 1. The minimum absolute atomic E-state index is 0.192. The molecule has 2 amide bonds. The van der Waals surface area contributed by atoms with Crippen LogP contribution in [-0.2, 0) is 16.0 Å². The molecule has 1 fully saturated rings. The molecule has 7 heteroatoms. The molecule has 1 aliphatic heterocycles. The molecule has 3 rings (SSSR count). The zero-order chi connectivity index (χ0) is 19.6. The lowest BCUT2D eigenvalue weighted by Gasteiger charge is -2.18. The molecule has 0 spiro atoms. The van der Waals surface area contributed by atoms with Gasteiger partial charge in [0.1, 0.15) is 16.7 Å². The van der Waals surface area contributed by atoms with Gasteiger partial charge in [0.15, 0.2) is 0 Å². The van der Waals surface area contributed by atoms with Crippen LogP contribution in [0.15, 0.2) is 59.1 Å². The van der Waals surface area contributed by atoms with Crippen LogP contribution in [0.3, 0.4) is 0 Å². The number of nitriles is 1. The second-order valence-corrected chi connectivity index (χ2v) is 7.73. The fourth-order valence-electron chi connectivity index (χ4n) is 2.76. The molecule has 2 N–H and O–H groups in total. The van der Waals surface area contributed by atoms with E-state index in [1.807, 2.05) is 37.3 Å². The van der Waals surface area contributed by atoms with E-state index < -0.39 is 11.2 Å². The van der Waals surface area contributed by atoms with Gasteiger partial charge in [0, 0.05) is 10.7 Å². The van der Waals surface area contributed by atoms with Crippen molar-refractivity contribution in [3.05, 3.63) is 75.3 Å². The number of amides is 2. The van der Waals surface area contributed by atoms with Crippen LogP contribution in [-0.4, -0.2) is 17.1 Å². The number of aryl methyl sites for hydroxylation is 1. The fraction of sp³-hybridized carbons (Fsp3) is 0.150. The summed E-state index contributed by atoms with van der Waals surface area (Å²) >= 11 is 7.10. The van der Waals surface area contributed by atoms with E-state index in [4.69, 9.17) is 17.3 Å². The monoisotopic (exact) mass is 397 g/mol. The first kappa shape index (κ1) is 19.0. The topological polar surface area (TPSA) is 87.2 Å². The summed E-state index contributed by atoms with van der Waals surface area (Å²) in [6.07, 6.45) is 0.448. The Balaban J connectivity index is 2.01. The molecule has 0 aliphatic carbocycles. The Morgan fingerprint density at radius 3 is 2.41 bits per heavy atom. The Bertz CT molecular complexity index is 962. The molecule has 2 aromatic rings. The molecule has 1 unspecified atom stereocenters. The van der Waals surface area contributed by atoms with Gasteiger partial charge in [-0.25, -0.2) is 0 Å². The maximum absolute atomic E-state index is 13.1. The summed E-state index contributed by atoms with van der Waals surface area (Å²) in [5.41, 5.74) is 7.73. The van der Waals surface area contributed by atoms with E-state index in [0.717, 1.165) is 11.1 Å². The third-order valence-electron chi connectivity index (χ3n) is 4.15. The highest BCUT2D eigenvalue weighted by Crippen LogP contribution is 2.41. The quantitative estimate of drug-likeness (QED) is 0.631. The summed E-state index contributed by atoms with van der Waals surface area (Å²) in [7, 11) is 0. The summed E-state index contributed by atoms with van der Waals surface area (Å²) < 4.78 is 0. The number of nitrogens with zero attached hydrogens (tertiary/aromatic N) is 2. The number of anilines is 1. The van der Waals surface area contributed by atoms with Crippen LogP contribution in [0.4, 0.5) is 5.69 Å². The molecule has 1 atom stereocenters. The van der Waals surface area contributed by atoms with Crippen LogP contribution >= 0.6 is 23.4 Å². The van der Waals surface area contributed by atoms with Crippen LogP contribution in [0.1, 0.15) is 11.1 Å². The van der Waals surface area contributed by atoms with Crippen LogP contribution in [0.5, 0.6) is 0 Å². The normalized spacial score (nSPS) is 18.3. The Morgan fingerprint density at radius 2 is 1.85 bits per heavy atom. The number of hydrogen-bond donors (Lipinski definition) is 1. The fourth-order valence-corrected chi connectivity index (χ4v) is 4.21. The summed E-state index contributed by atoms with van der Waals surface area (Å²) in [6, 6.07) is 16.4. The first-order valence-electron chi connectivity index (χ1n) is 8.16. The Labute approximate surface area is 166 Å². The Kier molecular flexibility index (Phi) is 5.54. The average molecular weight is 398 g/mol. The minimum atomic E-state index is -0.850. The Hall–Kier alpha value is -2.75. The van der Waals surface area contributed by atoms with E-state index in [1.54, 1.807) is 24.3 Å². The maximum atomic E-state index is 13.1. The lowest BCUT2D eigenvalue weighted by atomic mass is 10.1. The van der Waals surface area contributed by atoms with Crippen molar-refractivity contribution in [1.29, 1.82) is 5.26 Å². The van der Waals surface area contributed by atoms with E-state index in [0.29, 0.717) is 17.1 Å². The maximum Gasteiger partial charge on any atom is 0.262 e. The van der Waals surface area contributed by atoms with Crippen LogP contribution < -0.4 is 10.6 Å². The van der Waals surface area contributed by atoms with Crippen LogP contribution in [0.25, 0.3) is 0 Å². The van der Waals surface area contributed by atoms with Gasteiger partial charge in [-0.3, -0.25) is 14.5 Å². The van der Waals surface area contributed by atoms with Gasteiger partial charge in [0.25, 0.3) is 5.91 Å². The molecule has 1 aliphatic rings. The van der Waals surface area contributed by atoms with Gasteiger partial charge < -0.3 is 5.73 Å². The van der Waals surface area contributed by atoms with Gasteiger partial charge in [-0.2, -0.15) is 5.26 Å². The van der Waals surface area contributed by atoms with Crippen molar-refractivity contribution in [1.82, 2.24) is 0 Å². The predicted octanol–water partition coefficient (Wildman–Crippen LogP) is 3.56. The van der Waals surface area contributed by atoms with Crippen molar-refractivity contribution in [3.63, 3.8) is 0 Å². The molecule has 0 aromatic heterocycles. The third-order valence-corrected chi connectivity index (χ3v) is 5.67. The predicted molar refractivity (Wildman–Crippen MR) is 107 cm³/mol. The van der Waals surface area contributed by atoms with Crippen molar-refractivity contribution in [2.75, 3.05) is 4.90 Å². The molecule has 27 heavy (non-hydrogen) atoms. The highest BCUT2D eigenvalue weighted by Gasteiger charge is 2.40.